The van der Waals surface area contributed by atoms with E-state index in [1.165, 1.54) is 0 Å². The maximum absolute atomic E-state index is 12.1. The largest absolute Gasteiger partial charge is 0.369 e. The summed E-state index contributed by atoms with van der Waals surface area (Å²) in [5.74, 6) is -0.546. The van der Waals surface area contributed by atoms with Crippen LogP contribution in [0.3, 0.4) is 0 Å². The molecule has 0 aliphatic carbocycles. The Hall–Kier alpha value is -2.05. The minimum Gasteiger partial charge on any atom is -0.369 e. The fourth-order valence-electron chi connectivity index (χ4n) is 2.68. The highest BCUT2D eigenvalue weighted by Gasteiger charge is 2.26. The van der Waals surface area contributed by atoms with Gasteiger partial charge in [0.1, 0.15) is 0 Å². The van der Waals surface area contributed by atoms with Crippen LogP contribution in [0.15, 0.2) is 6.07 Å². The van der Waals surface area contributed by atoms with Gasteiger partial charge in [-0.25, -0.2) is 4.79 Å². The van der Waals surface area contributed by atoms with E-state index >= 15 is 0 Å². The summed E-state index contributed by atoms with van der Waals surface area (Å²) in [5, 5.41) is 7.22. The van der Waals surface area contributed by atoms with Crippen molar-refractivity contribution in [2.24, 2.45) is 11.7 Å². The summed E-state index contributed by atoms with van der Waals surface area (Å²) in [5.41, 5.74) is 7.36. The monoisotopic (exact) mass is 293 g/mol. The molecule has 7 nitrogen and oxygen atoms in total. The van der Waals surface area contributed by atoms with Crippen LogP contribution in [0.1, 0.15) is 24.2 Å². The Kier molecular flexibility index (Phi) is 4.82. The summed E-state index contributed by atoms with van der Waals surface area (Å²) in [7, 11) is 0. The number of nitrogens with one attached hydrogen (secondary N) is 1. The van der Waals surface area contributed by atoms with E-state index in [4.69, 9.17) is 5.73 Å². The van der Waals surface area contributed by atoms with E-state index in [9.17, 15) is 9.59 Å². The summed E-state index contributed by atoms with van der Waals surface area (Å²) in [6.07, 6.45) is 1.59. The molecule has 1 fully saturated rings. The standard InChI is InChI=1S/C14H23N5O2/c1-10-8-11(2)19(17-10)7-5-16-14(21)18-6-3-4-12(9-18)13(15)20/h8,12H,3-7,9H2,1-2H3,(H2,15,20)(H,16,21)/t12-/m0/s1. The van der Waals surface area contributed by atoms with E-state index in [0.29, 0.717) is 26.2 Å². The number of piperidine rings is 1. The summed E-state index contributed by atoms with van der Waals surface area (Å²) in [4.78, 5) is 25.0. The second-order valence-corrected chi connectivity index (χ2v) is 5.57. The molecule has 0 saturated carbocycles. The normalized spacial score (nSPS) is 18.6. The third kappa shape index (κ3) is 3.96. The van der Waals surface area contributed by atoms with Crippen LogP contribution in [-0.4, -0.2) is 46.3 Å². The first kappa shape index (κ1) is 15.3. The number of likely N-dealkylation sites (tertiary alicyclic amines) is 1. The van der Waals surface area contributed by atoms with Crippen LogP contribution in [0.5, 0.6) is 0 Å². The molecule has 0 radical (unpaired) electrons. The van der Waals surface area contributed by atoms with Crippen molar-refractivity contribution >= 4 is 11.9 Å². The number of carbonyl (C=O) groups is 2. The Balaban J connectivity index is 1.79. The zero-order chi connectivity index (χ0) is 15.4. The van der Waals surface area contributed by atoms with Crippen molar-refractivity contribution in [3.63, 3.8) is 0 Å². The number of carbonyl (C=O) groups excluding carboxylic acids is 2. The molecule has 1 saturated heterocycles. The second kappa shape index (κ2) is 6.60. The minimum absolute atomic E-state index is 0.137. The lowest BCUT2D eigenvalue weighted by atomic mass is 9.98. The summed E-state index contributed by atoms with van der Waals surface area (Å²) >= 11 is 0. The highest BCUT2D eigenvalue weighted by atomic mass is 16.2. The topological polar surface area (TPSA) is 93.3 Å². The van der Waals surface area contributed by atoms with Gasteiger partial charge >= 0.3 is 6.03 Å². The van der Waals surface area contributed by atoms with Crippen molar-refractivity contribution in [1.29, 1.82) is 0 Å². The number of urea groups is 1. The lowest BCUT2D eigenvalue weighted by Gasteiger charge is -2.31. The van der Waals surface area contributed by atoms with Gasteiger partial charge < -0.3 is 16.0 Å². The number of amides is 3. The smallest absolute Gasteiger partial charge is 0.317 e. The lowest BCUT2D eigenvalue weighted by molar-refractivity contribution is -0.123. The molecule has 1 aromatic heterocycles. The van der Waals surface area contributed by atoms with Gasteiger partial charge in [0.15, 0.2) is 0 Å². The van der Waals surface area contributed by atoms with Gasteiger partial charge in [-0.3, -0.25) is 9.48 Å². The molecule has 0 unspecified atom stereocenters. The van der Waals surface area contributed by atoms with Gasteiger partial charge in [-0.1, -0.05) is 0 Å². The van der Waals surface area contributed by atoms with Crippen molar-refractivity contribution < 1.29 is 9.59 Å². The van der Waals surface area contributed by atoms with Gasteiger partial charge in [0.2, 0.25) is 5.91 Å². The van der Waals surface area contributed by atoms with Crippen LogP contribution in [0.4, 0.5) is 4.79 Å². The molecule has 3 amide bonds. The Labute approximate surface area is 124 Å². The predicted molar refractivity (Wildman–Crippen MR) is 78.6 cm³/mol. The number of rotatable bonds is 4. The number of hydrogen-bond acceptors (Lipinski definition) is 3. The summed E-state index contributed by atoms with van der Waals surface area (Å²) in [6, 6.07) is 1.87. The first-order chi connectivity index (χ1) is 9.97. The molecule has 7 heteroatoms. The molecule has 0 aromatic carbocycles. The predicted octanol–water partition coefficient (Wildman–Crippen LogP) is 0.407. The van der Waals surface area contributed by atoms with Gasteiger partial charge in [0, 0.05) is 25.3 Å². The molecule has 0 spiro atoms. The average molecular weight is 293 g/mol. The SMILES string of the molecule is Cc1cc(C)n(CCNC(=O)N2CCC[C@H](C(N)=O)C2)n1. The Morgan fingerprint density at radius 2 is 2.24 bits per heavy atom. The molecule has 2 heterocycles. The van der Waals surface area contributed by atoms with Crippen molar-refractivity contribution in [3.05, 3.63) is 17.5 Å². The number of nitrogens with zero attached hydrogens (tertiary/aromatic N) is 3. The average Bonchev–Trinajstić information content (AvgIpc) is 2.77. The highest BCUT2D eigenvalue weighted by molar-refractivity contribution is 5.79. The van der Waals surface area contributed by atoms with E-state index in [0.717, 1.165) is 24.2 Å². The van der Waals surface area contributed by atoms with Gasteiger partial charge in [-0.05, 0) is 32.8 Å². The van der Waals surface area contributed by atoms with Crippen LogP contribution >= 0.6 is 0 Å². The quantitative estimate of drug-likeness (QED) is 0.842. The third-order valence-electron chi connectivity index (χ3n) is 3.81. The first-order valence-electron chi connectivity index (χ1n) is 7.30. The lowest BCUT2D eigenvalue weighted by Crippen LogP contribution is -2.48. The number of primary amides is 1. The van der Waals surface area contributed by atoms with Crippen molar-refractivity contribution in [1.82, 2.24) is 20.0 Å². The molecule has 116 valence electrons. The van der Waals surface area contributed by atoms with E-state index < -0.39 is 0 Å². The summed E-state index contributed by atoms with van der Waals surface area (Å²) < 4.78 is 1.87. The number of aromatic nitrogens is 2. The minimum atomic E-state index is -0.324. The van der Waals surface area contributed by atoms with Gasteiger partial charge in [0.05, 0.1) is 18.2 Å². The highest BCUT2D eigenvalue weighted by Crippen LogP contribution is 2.15. The van der Waals surface area contributed by atoms with Crippen molar-refractivity contribution in [2.75, 3.05) is 19.6 Å². The van der Waals surface area contributed by atoms with Crippen LogP contribution in [0, 0.1) is 19.8 Å². The van der Waals surface area contributed by atoms with Crippen molar-refractivity contribution in [2.45, 2.75) is 33.2 Å². The molecular weight excluding hydrogens is 270 g/mol. The second-order valence-electron chi connectivity index (χ2n) is 5.57. The Morgan fingerprint density at radius 3 is 2.86 bits per heavy atom. The van der Waals surface area contributed by atoms with Crippen LogP contribution in [0.25, 0.3) is 0 Å². The maximum atomic E-state index is 12.1. The molecular formula is C14H23N5O2. The Bertz CT molecular complexity index is 525. The molecule has 2 rings (SSSR count). The van der Waals surface area contributed by atoms with Crippen LogP contribution < -0.4 is 11.1 Å². The fourth-order valence-corrected chi connectivity index (χ4v) is 2.68. The van der Waals surface area contributed by atoms with Gasteiger partial charge in [0.25, 0.3) is 0 Å². The van der Waals surface area contributed by atoms with Crippen molar-refractivity contribution in [3.8, 4) is 0 Å². The fraction of sp³-hybridized carbons (Fsp3) is 0.643. The van der Waals surface area contributed by atoms with E-state index in [1.807, 2.05) is 24.6 Å². The van der Waals surface area contributed by atoms with E-state index in [1.54, 1.807) is 4.90 Å². The zero-order valence-electron chi connectivity index (χ0n) is 12.6. The first-order valence-corrected chi connectivity index (χ1v) is 7.30. The molecule has 1 aromatic rings. The molecule has 0 bridgehead atoms. The molecule has 21 heavy (non-hydrogen) atoms. The van der Waals surface area contributed by atoms with Gasteiger partial charge in [-0.2, -0.15) is 5.10 Å². The van der Waals surface area contributed by atoms with Crippen LogP contribution in [0.2, 0.25) is 0 Å². The molecule has 1 atom stereocenters. The number of hydrogen-bond donors (Lipinski definition) is 2. The third-order valence-corrected chi connectivity index (χ3v) is 3.81. The van der Waals surface area contributed by atoms with E-state index in [2.05, 4.69) is 10.4 Å². The van der Waals surface area contributed by atoms with Crippen LogP contribution in [-0.2, 0) is 11.3 Å². The van der Waals surface area contributed by atoms with E-state index in [-0.39, 0.29) is 17.9 Å². The zero-order valence-corrected chi connectivity index (χ0v) is 12.6. The molecule has 1 aliphatic heterocycles. The number of aryl methyl sites for hydroxylation is 2. The summed E-state index contributed by atoms with van der Waals surface area (Å²) in [6.45, 7) is 6.18. The molecule has 1 aliphatic rings. The Morgan fingerprint density at radius 1 is 1.48 bits per heavy atom. The van der Waals surface area contributed by atoms with Gasteiger partial charge in [-0.15, -0.1) is 0 Å². The maximum Gasteiger partial charge on any atom is 0.317 e. The number of nitrogens with two attached hydrogens (primary N) is 1. The molecule has 3 N–H and O–H groups in total.